The van der Waals surface area contributed by atoms with Crippen LogP contribution in [0.3, 0.4) is 0 Å². The zero-order valence-corrected chi connectivity index (χ0v) is 16.6. The largest absolute Gasteiger partial charge is 0.454 e. The minimum absolute atomic E-state index is 0.00251. The van der Waals surface area contributed by atoms with Gasteiger partial charge in [0, 0.05) is 12.3 Å². The molecule has 0 aromatic carbocycles. The molecule has 3 fully saturated rings. The van der Waals surface area contributed by atoms with Crippen LogP contribution in [0.1, 0.15) is 72.1 Å². The van der Waals surface area contributed by atoms with Crippen LogP contribution >= 0.6 is 0 Å². The molecular formula is C23H34O3. The van der Waals surface area contributed by atoms with E-state index < -0.39 is 5.60 Å². The first-order valence-electron chi connectivity index (χ1n) is 10.5. The molecule has 0 amide bonds. The Kier molecular flexibility index (Phi) is 4.19. The van der Waals surface area contributed by atoms with E-state index in [-0.39, 0.29) is 22.9 Å². The van der Waals surface area contributed by atoms with Gasteiger partial charge in [-0.1, -0.05) is 32.1 Å². The van der Waals surface area contributed by atoms with Gasteiger partial charge in [-0.3, -0.25) is 4.79 Å². The van der Waals surface area contributed by atoms with E-state index in [1.807, 2.05) is 6.08 Å². The highest BCUT2D eigenvalue weighted by Gasteiger charge is 2.64. The first-order chi connectivity index (χ1) is 12.3. The topological polar surface area (TPSA) is 46.5 Å². The third-order valence-corrected chi connectivity index (χ3v) is 8.92. The van der Waals surface area contributed by atoms with Crippen LogP contribution in [0, 0.1) is 28.6 Å². The average Bonchev–Trinajstić information content (AvgIpc) is 2.88. The lowest BCUT2D eigenvalue weighted by molar-refractivity contribution is -0.170. The summed E-state index contributed by atoms with van der Waals surface area (Å²) in [5, 5.41) is 10.1. The van der Waals surface area contributed by atoms with Crippen molar-refractivity contribution in [2.45, 2.75) is 83.8 Å². The summed E-state index contributed by atoms with van der Waals surface area (Å²) in [5.41, 5.74) is 1.26. The van der Waals surface area contributed by atoms with Gasteiger partial charge in [0.25, 0.3) is 0 Å². The molecule has 0 bridgehead atoms. The third kappa shape index (κ3) is 2.32. The van der Waals surface area contributed by atoms with E-state index in [0.717, 1.165) is 44.9 Å². The molecule has 3 saturated carbocycles. The predicted octanol–water partition coefficient (Wildman–Crippen LogP) is 4.80. The molecule has 0 saturated heterocycles. The van der Waals surface area contributed by atoms with Crippen molar-refractivity contribution in [1.29, 1.82) is 0 Å². The molecule has 0 unspecified atom stereocenters. The summed E-state index contributed by atoms with van der Waals surface area (Å²) in [6, 6.07) is 0. The second kappa shape index (κ2) is 5.95. The highest BCUT2D eigenvalue weighted by atomic mass is 16.6. The Hall–Kier alpha value is -1.09. The fourth-order valence-electron chi connectivity index (χ4n) is 7.48. The van der Waals surface area contributed by atoms with Gasteiger partial charge in [-0.05, 0) is 80.6 Å². The van der Waals surface area contributed by atoms with Crippen LogP contribution in [0.2, 0.25) is 0 Å². The summed E-state index contributed by atoms with van der Waals surface area (Å²) in [7, 11) is 0. The monoisotopic (exact) mass is 358 g/mol. The van der Waals surface area contributed by atoms with E-state index in [4.69, 9.17) is 4.74 Å². The Morgan fingerprint density at radius 1 is 1.23 bits per heavy atom. The molecule has 0 aromatic heterocycles. The van der Waals surface area contributed by atoms with Gasteiger partial charge < -0.3 is 9.84 Å². The Bertz CT molecular complexity index is 652. The standard InChI is InChI=1S/C23H34O3/c1-5-23(26-15(2)24)13-10-20-18-7-6-16-14-17(25)8-11-21(16,3)19(18)9-12-22(20,23)4/h5-6,17-20,25H,1,7-14H2,2-4H3/t17-,18+,19-,20-,21-,22-,23+/m0/s1. The fraction of sp³-hybridized carbons (Fsp3) is 0.783. The van der Waals surface area contributed by atoms with E-state index in [2.05, 4.69) is 26.5 Å². The van der Waals surface area contributed by atoms with Gasteiger partial charge in [-0.15, -0.1) is 0 Å². The summed E-state index contributed by atoms with van der Waals surface area (Å²) in [6.45, 7) is 10.4. The van der Waals surface area contributed by atoms with Gasteiger partial charge >= 0.3 is 5.97 Å². The van der Waals surface area contributed by atoms with Gasteiger partial charge in [0.2, 0.25) is 0 Å². The molecule has 0 radical (unpaired) electrons. The lowest BCUT2D eigenvalue weighted by atomic mass is 9.47. The number of hydrogen-bond acceptors (Lipinski definition) is 3. The van der Waals surface area contributed by atoms with Crippen molar-refractivity contribution < 1.29 is 14.6 Å². The SMILES string of the molecule is C=C[C@@]1(OC(C)=O)CC[C@H]2[C@@H]3CC=C4C[C@@H](O)CC[C@]4(C)[C@H]3CC[C@@]21C. The molecule has 26 heavy (non-hydrogen) atoms. The number of ether oxygens (including phenoxy) is 1. The zero-order chi connectivity index (χ0) is 18.7. The van der Waals surface area contributed by atoms with Gasteiger partial charge in [0.15, 0.2) is 0 Å². The Labute approximate surface area is 157 Å². The quantitative estimate of drug-likeness (QED) is 0.570. The maximum absolute atomic E-state index is 11.8. The Morgan fingerprint density at radius 3 is 2.65 bits per heavy atom. The molecular weight excluding hydrogens is 324 g/mol. The fourth-order valence-corrected chi connectivity index (χ4v) is 7.48. The van der Waals surface area contributed by atoms with Crippen molar-refractivity contribution in [3.8, 4) is 0 Å². The van der Waals surface area contributed by atoms with E-state index in [9.17, 15) is 9.90 Å². The van der Waals surface area contributed by atoms with E-state index in [1.54, 1.807) is 0 Å². The first kappa shape index (κ1) is 18.3. The first-order valence-corrected chi connectivity index (χ1v) is 10.5. The van der Waals surface area contributed by atoms with Crippen molar-refractivity contribution in [3.05, 3.63) is 24.3 Å². The number of carbonyl (C=O) groups is 1. The van der Waals surface area contributed by atoms with Crippen LogP contribution in [-0.4, -0.2) is 22.8 Å². The van der Waals surface area contributed by atoms with Crippen LogP contribution in [-0.2, 0) is 9.53 Å². The summed E-state index contributed by atoms with van der Waals surface area (Å²) >= 11 is 0. The minimum atomic E-state index is -0.498. The molecule has 7 atom stereocenters. The van der Waals surface area contributed by atoms with E-state index in [1.165, 1.54) is 18.9 Å². The molecule has 0 aromatic rings. The molecule has 144 valence electrons. The molecule has 4 aliphatic carbocycles. The number of hydrogen-bond donors (Lipinski definition) is 1. The van der Waals surface area contributed by atoms with Gasteiger partial charge in [0.1, 0.15) is 5.60 Å². The molecule has 3 heteroatoms. The van der Waals surface area contributed by atoms with Crippen LogP contribution in [0.15, 0.2) is 24.3 Å². The number of allylic oxidation sites excluding steroid dienone is 1. The number of esters is 1. The van der Waals surface area contributed by atoms with Crippen molar-refractivity contribution in [2.24, 2.45) is 28.6 Å². The number of aliphatic hydroxyl groups excluding tert-OH is 1. The number of aliphatic hydroxyl groups is 1. The summed E-state index contributed by atoms with van der Waals surface area (Å²) in [5.74, 6) is 1.76. The number of rotatable bonds is 2. The van der Waals surface area contributed by atoms with Crippen molar-refractivity contribution in [1.82, 2.24) is 0 Å². The van der Waals surface area contributed by atoms with Crippen molar-refractivity contribution in [2.75, 3.05) is 0 Å². The molecule has 4 rings (SSSR count). The van der Waals surface area contributed by atoms with E-state index in [0.29, 0.717) is 17.8 Å². The lowest BCUT2D eigenvalue weighted by Gasteiger charge is -2.59. The minimum Gasteiger partial charge on any atom is -0.454 e. The average molecular weight is 359 g/mol. The second-order valence-electron chi connectivity index (χ2n) is 9.84. The lowest BCUT2D eigenvalue weighted by Crippen LogP contribution is -2.55. The van der Waals surface area contributed by atoms with Crippen LogP contribution in [0.4, 0.5) is 0 Å². The smallest absolute Gasteiger partial charge is 0.303 e. The summed E-state index contributed by atoms with van der Waals surface area (Å²) in [6.07, 6.45) is 12.6. The van der Waals surface area contributed by atoms with E-state index >= 15 is 0 Å². The number of fused-ring (bicyclic) bond motifs is 5. The van der Waals surface area contributed by atoms with Gasteiger partial charge in [-0.25, -0.2) is 0 Å². The van der Waals surface area contributed by atoms with Crippen LogP contribution in [0.5, 0.6) is 0 Å². The summed E-state index contributed by atoms with van der Waals surface area (Å²) in [4.78, 5) is 11.8. The van der Waals surface area contributed by atoms with Gasteiger partial charge in [0.05, 0.1) is 6.10 Å². The maximum Gasteiger partial charge on any atom is 0.303 e. The molecule has 0 aliphatic heterocycles. The van der Waals surface area contributed by atoms with Gasteiger partial charge in [-0.2, -0.15) is 0 Å². The zero-order valence-electron chi connectivity index (χ0n) is 16.6. The molecule has 0 heterocycles. The molecule has 3 nitrogen and oxygen atoms in total. The highest BCUT2D eigenvalue weighted by molar-refractivity contribution is 5.67. The highest BCUT2D eigenvalue weighted by Crippen LogP contribution is 2.68. The molecule has 0 spiro atoms. The third-order valence-electron chi connectivity index (χ3n) is 8.92. The molecule has 4 aliphatic rings. The normalized spacial score (nSPS) is 50.1. The second-order valence-corrected chi connectivity index (χ2v) is 9.84. The Balaban J connectivity index is 1.68. The maximum atomic E-state index is 11.8. The number of carbonyl (C=O) groups excluding carboxylic acids is 1. The predicted molar refractivity (Wildman–Crippen MR) is 102 cm³/mol. The van der Waals surface area contributed by atoms with Crippen molar-refractivity contribution in [3.63, 3.8) is 0 Å². The van der Waals surface area contributed by atoms with Crippen LogP contribution < -0.4 is 0 Å². The van der Waals surface area contributed by atoms with Crippen LogP contribution in [0.25, 0.3) is 0 Å². The molecule has 1 N–H and O–H groups in total. The summed E-state index contributed by atoms with van der Waals surface area (Å²) < 4.78 is 5.94. The van der Waals surface area contributed by atoms with Crippen molar-refractivity contribution >= 4 is 5.97 Å². The Morgan fingerprint density at radius 2 is 1.96 bits per heavy atom.